The maximum Gasteiger partial charge on any atom is 0.435 e. The molecule has 1 aromatic carbocycles. The normalized spacial score (nSPS) is 11.7. The first-order valence-corrected chi connectivity index (χ1v) is 5.96. The monoisotopic (exact) mass is 350 g/mol. The molecule has 0 saturated heterocycles. The van der Waals surface area contributed by atoms with Gasteiger partial charge in [0.05, 0.1) is 4.47 Å². The van der Waals surface area contributed by atoms with Gasteiger partial charge < -0.3 is 5.73 Å². The van der Waals surface area contributed by atoms with Gasteiger partial charge >= 0.3 is 6.18 Å². The number of nitrogens with one attached hydrogen (secondary N) is 1. The van der Waals surface area contributed by atoms with Gasteiger partial charge in [-0.3, -0.25) is 5.41 Å². The molecule has 0 atom stereocenters. The molecule has 0 aliphatic carbocycles. The predicted octanol–water partition coefficient (Wildman–Crippen LogP) is 3.08. The second kappa shape index (κ2) is 4.89. The van der Waals surface area contributed by atoms with Crippen LogP contribution in [0.25, 0.3) is 5.69 Å². The fourth-order valence-electron chi connectivity index (χ4n) is 1.53. The van der Waals surface area contributed by atoms with E-state index >= 15 is 0 Å². The molecule has 106 valence electrons. The smallest absolute Gasteiger partial charge is 0.384 e. The van der Waals surface area contributed by atoms with Crippen molar-refractivity contribution in [3.63, 3.8) is 0 Å². The Morgan fingerprint density at radius 1 is 1.30 bits per heavy atom. The summed E-state index contributed by atoms with van der Waals surface area (Å²) >= 11 is 2.92. The molecule has 2 rings (SSSR count). The van der Waals surface area contributed by atoms with Crippen molar-refractivity contribution in [2.45, 2.75) is 6.18 Å². The van der Waals surface area contributed by atoms with Gasteiger partial charge in [-0.15, -0.1) is 0 Å². The molecule has 0 fully saturated rings. The van der Waals surface area contributed by atoms with Gasteiger partial charge in [-0.2, -0.15) is 18.3 Å². The average molecular weight is 351 g/mol. The van der Waals surface area contributed by atoms with Crippen LogP contribution >= 0.6 is 15.9 Å². The molecule has 3 N–H and O–H groups in total. The Kier molecular flexibility index (Phi) is 3.55. The number of aromatic nitrogens is 2. The summed E-state index contributed by atoms with van der Waals surface area (Å²) in [5.41, 5.74) is 4.05. The fraction of sp³-hybridized carbons (Fsp3) is 0.0909. The first-order chi connectivity index (χ1) is 9.21. The van der Waals surface area contributed by atoms with Gasteiger partial charge in [0.1, 0.15) is 11.5 Å². The Hall–Kier alpha value is -1.90. The summed E-state index contributed by atoms with van der Waals surface area (Å²) in [6.45, 7) is 0. The lowest BCUT2D eigenvalue weighted by Crippen LogP contribution is -2.14. The lowest BCUT2D eigenvalue weighted by atomic mass is 10.2. The largest absolute Gasteiger partial charge is 0.435 e. The number of nitrogens with two attached hydrogens (primary N) is 1. The van der Waals surface area contributed by atoms with Crippen LogP contribution in [0.15, 0.2) is 28.9 Å². The van der Waals surface area contributed by atoms with Gasteiger partial charge in [0, 0.05) is 11.8 Å². The highest BCUT2D eigenvalue weighted by atomic mass is 79.9. The Morgan fingerprint density at radius 3 is 2.45 bits per heavy atom. The van der Waals surface area contributed by atoms with E-state index in [0.29, 0.717) is 0 Å². The van der Waals surface area contributed by atoms with E-state index in [4.69, 9.17) is 11.1 Å². The molecular formula is C11H7BrF4N4. The summed E-state index contributed by atoms with van der Waals surface area (Å²) in [6, 6.07) is 3.26. The topological polar surface area (TPSA) is 67.7 Å². The van der Waals surface area contributed by atoms with Crippen LogP contribution in [0, 0.1) is 11.2 Å². The number of nitrogen functional groups attached to an aromatic ring is 1. The highest BCUT2D eigenvalue weighted by molar-refractivity contribution is 9.10. The summed E-state index contributed by atoms with van der Waals surface area (Å²) in [6.07, 6.45) is -3.60. The van der Waals surface area contributed by atoms with Crippen LogP contribution in [0.1, 0.15) is 11.3 Å². The van der Waals surface area contributed by atoms with Crippen molar-refractivity contribution < 1.29 is 17.6 Å². The molecule has 0 bridgehead atoms. The van der Waals surface area contributed by atoms with E-state index < -0.39 is 17.7 Å². The predicted molar refractivity (Wildman–Crippen MR) is 67.2 cm³/mol. The Morgan fingerprint density at radius 2 is 1.95 bits per heavy atom. The van der Waals surface area contributed by atoms with Crippen LogP contribution in [-0.2, 0) is 6.18 Å². The minimum Gasteiger partial charge on any atom is -0.384 e. The highest BCUT2D eigenvalue weighted by Crippen LogP contribution is 2.30. The zero-order valence-corrected chi connectivity index (χ0v) is 11.3. The number of amidine groups is 1. The summed E-state index contributed by atoms with van der Waals surface area (Å²) in [5, 5.41) is 10.5. The third kappa shape index (κ3) is 2.53. The van der Waals surface area contributed by atoms with Crippen LogP contribution in [-0.4, -0.2) is 15.6 Å². The molecule has 0 aliphatic rings. The van der Waals surface area contributed by atoms with Crippen molar-refractivity contribution in [2.75, 3.05) is 0 Å². The minimum absolute atomic E-state index is 0.105. The van der Waals surface area contributed by atoms with E-state index in [1.165, 1.54) is 12.1 Å². The van der Waals surface area contributed by atoms with Crippen molar-refractivity contribution in [1.29, 1.82) is 5.41 Å². The summed E-state index contributed by atoms with van der Waals surface area (Å²) in [4.78, 5) is 0. The maximum atomic E-state index is 14.1. The van der Waals surface area contributed by atoms with E-state index in [0.717, 1.165) is 16.9 Å². The molecule has 0 radical (unpaired) electrons. The Balaban J connectivity index is 2.52. The molecule has 0 saturated carbocycles. The van der Waals surface area contributed by atoms with Crippen molar-refractivity contribution in [2.24, 2.45) is 5.73 Å². The second-order valence-corrected chi connectivity index (χ2v) is 4.61. The molecule has 9 heteroatoms. The molecule has 20 heavy (non-hydrogen) atoms. The van der Waals surface area contributed by atoms with Crippen LogP contribution in [0.5, 0.6) is 0 Å². The Bertz CT molecular complexity index is 678. The molecule has 0 aliphatic heterocycles. The van der Waals surface area contributed by atoms with Crippen molar-refractivity contribution in [1.82, 2.24) is 9.78 Å². The molecule has 0 amide bonds. The SMILES string of the molecule is N=C(N)c1ccc(-n2ccc(C(F)(F)F)n2)c(F)c1Br. The van der Waals surface area contributed by atoms with E-state index in [9.17, 15) is 17.6 Å². The minimum atomic E-state index is -4.60. The third-order valence-electron chi connectivity index (χ3n) is 2.48. The molecule has 4 nitrogen and oxygen atoms in total. The number of hydrogen-bond acceptors (Lipinski definition) is 2. The quantitative estimate of drug-likeness (QED) is 0.496. The molecule has 1 heterocycles. The van der Waals surface area contributed by atoms with Gasteiger partial charge in [0.25, 0.3) is 0 Å². The number of benzene rings is 1. The first-order valence-electron chi connectivity index (χ1n) is 5.17. The summed E-state index contributed by atoms with van der Waals surface area (Å²) in [5.74, 6) is -1.21. The van der Waals surface area contributed by atoms with E-state index in [-0.39, 0.29) is 21.6 Å². The highest BCUT2D eigenvalue weighted by Gasteiger charge is 2.33. The van der Waals surface area contributed by atoms with Crippen LogP contribution < -0.4 is 5.73 Å². The van der Waals surface area contributed by atoms with Crippen LogP contribution in [0.4, 0.5) is 17.6 Å². The van der Waals surface area contributed by atoms with Gasteiger partial charge in [-0.25, -0.2) is 9.07 Å². The molecular weight excluding hydrogens is 344 g/mol. The summed E-state index contributed by atoms with van der Waals surface area (Å²) < 4.78 is 52.1. The number of halogens is 5. The van der Waals surface area contributed by atoms with E-state index in [1.54, 1.807) is 0 Å². The van der Waals surface area contributed by atoms with Crippen LogP contribution in [0.3, 0.4) is 0 Å². The van der Waals surface area contributed by atoms with Gasteiger partial charge in [-0.05, 0) is 34.1 Å². The zero-order chi connectivity index (χ0) is 15.1. The van der Waals surface area contributed by atoms with Crippen LogP contribution in [0.2, 0.25) is 0 Å². The lowest BCUT2D eigenvalue weighted by Gasteiger charge is -2.09. The lowest BCUT2D eigenvalue weighted by molar-refractivity contribution is -0.141. The van der Waals surface area contributed by atoms with E-state index in [1.807, 2.05) is 0 Å². The van der Waals surface area contributed by atoms with Crippen molar-refractivity contribution in [3.05, 3.63) is 45.9 Å². The van der Waals surface area contributed by atoms with Crippen molar-refractivity contribution >= 4 is 21.8 Å². The average Bonchev–Trinajstić information content (AvgIpc) is 2.81. The number of nitrogens with zero attached hydrogens (tertiary/aromatic N) is 2. The molecule has 0 spiro atoms. The molecule has 2 aromatic rings. The first kappa shape index (κ1) is 14.5. The number of alkyl halides is 3. The van der Waals surface area contributed by atoms with Gasteiger partial charge in [0.15, 0.2) is 11.5 Å². The number of hydrogen-bond donors (Lipinski definition) is 2. The van der Waals surface area contributed by atoms with Crippen molar-refractivity contribution in [3.8, 4) is 5.69 Å². The van der Waals surface area contributed by atoms with Gasteiger partial charge in [0.2, 0.25) is 0 Å². The maximum absolute atomic E-state index is 14.1. The zero-order valence-electron chi connectivity index (χ0n) is 9.67. The second-order valence-electron chi connectivity index (χ2n) is 3.82. The molecule has 0 unspecified atom stereocenters. The standard InChI is InChI=1S/C11H7BrF4N4/c12-8-5(10(17)18)1-2-6(9(8)13)20-4-3-7(19-20)11(14,15)16/h1-4H,(H3,17,18). The Labute approximate surface area is 118 Å². The third-order valence-corrected chi connectivity index (χ3v) is 3.25. The number of rotatable bonds is 2. The summed E-state index contributed by atoms with van der Waals surface area (Å²) in [7, 11) is 0. The van der Waals surface area contributed by atoms with Gasteiger partial charge in [-0.1, -0.05) is 0 Å². The fourth-order valence-corrected chi connectivity index (χ4v) is 2.08. The van der Waals surface area contributed by atoms with E-state index in [2.05, 4.69) is 21.0 Å². The molecule has 1 aromatic heterocycles.